The summed E-state index contributed by atoms with van der Waals surface area (Å²) in [5.41, 5.74) is 2.02. The summed E-state index contributed by atoms with van der Waals surface area (Å²) in [6.45, 7) is 2.62. The number of furan rings is 1. The van der Waals surface area contributed by atoms with Crippen LogP contribution in [0.25, 0.3) is 0 Å². The maximum absolute atomic E-state index is 12.1. The Balaban J connectivity index is 1.52. The van der Waals surface area contributed by atoms with Crippen LogP contribution in [0.3, 0.4) is 0 Å². The van der Waals surface area contributed by atoms with Gasteiger partial charge in [-0.05, 0) is 30.0 Å². The Bertz CT molecular complexity index is 763. The Morgan fingerprint density at radius 1 is 1.21 bits per heavy atom. The fraction of sp³-hybridized carbons (Fsp3) is 0.263. The van der Waals surface area contributed by atoms with E-state index in [1.807, 2.05) is 30.3 Å². The van der Waals surface area contributed by atoms with Crippen LogP contribution in [-0.2, 0) is 12.8 Å². The van der Waals surface area contributed by atoms with Gasteiger partial charge in [0.25, 0.3) is 5.91 Å². The Kier molecular flexibility index (Phi) is 5.11. The standard InChI is InChI=1S/C19H20N2O3/c1-14(15-6-3-2-4-7-15)12-16-13-18(24-21-16)19(22)20-10-9-17-8-5-11-23-17/h2-8,11,13-14H,9-10,12H2,1H3,(H,20,22). The van der Waals surface area contributed by atoms with Crippen LogP contribution < -0.4 is 5.32 Å². The first-order valence-corrected chi connectivity index (χ1v) is 8.03. The molecule has 0 saturated heterocycles. The molecule has 2 heterocycles. The maximum atomic E-state index is 12.1. The summed E-state index contributed by atoms with van der Waals surface area (Å²) in [5.74, 6) is 1.13. The lowest BCUT2D eigenvalue weighted by Gasteiger charge is -2.08. The van der Waals surface area contributed by atoms with Crippen LogP contribution in [0.1, 0.15) is 40.4 Å². The Morgan fingerprint density at radius 3 is 2.79 bits per heavy atom. The average molecular weight is 324 g/mol. The normalized spacial score (nSPS) is 12.0. The second-order valence-corrected chi connectivity index (χ2v) is 5.78. The number of carbonyl (C=O) groups is 1. The highest BCUT2D eigenvalue weighted by molar-refractivity contribution is 5.91. The molecule has 1 unspecified atom stereocenters. The van der Waals surface area contributed by atoms with Crippen molar-refractivity contribution in [2.45, 2.75) is 25.7 Å². The highest BCUT2D eigenvalue weighted by Crippen LogP contribution is 2.20. The van der Waals surface area contributed by atoms with E-state index in [-0.39, 0.29) is 11.7 Å². The highest BCUT2D eigenvalue weighted by Gasteiger charge is 2.15. The zero-order valence-corrected chi connectivity index (χ0v) is 13.6. The summed E-state index contributed by atoms with van der Waals surface area (Å²) < 4.78 is 10.4. The predicted octanol–water partition coefficient (Wildman–Crippen LogP) is 3.59. The number of nitrogens with one attached hydrogen (secondary N) is 1. The van der Waals surface area contributed by atoms with Crippen molar-refractivity contribution in [1.29, 1.82) is 0 Å². The van der Waals surface area contributed by atoms with Gasteiger partial charge in [-0.1, -0.05) is 42.4 Å². The van der Waals surface area contributed by atoms with Gasteiger partial charge >= 0.3 is 0 Å². The SMILES string of the molecule is CC(Cc1cc(C(=O)NCCc2ccco2)on1)c1ccccc1. The van der Waals surface area contributed by atoms with E-state index in [2.05, 4.69) is 29.5 Å². The number of aromatic nitrogens is 1. The van der Waals surface area contributed by atoms with Crippen molar-refractivity contribution < 1.29 is 13.7 Å². The van der Waals surface area contributed by atoms with E-state index in [0.717, 1.165) is 17.9 Å². The number of carbonyl (C=O) groups excluding carboxylic acids is 1. The van der Waals surface area contributed by atoms with Crippen LogP contribution in [0.15, 0.2) is 63.7 Å². The zero-order valence-electron chi connectivity index (χ0n) is 13.6. The van der Waals surface area contributed by atoms with Gasteiger partial charge in [0, 0.05) is 19.0 Å². The Morgan fingerprint density at radius 2 is 2.04 bits per heavy atom. The van der Waals surface area contributed by atoms with E-state index in [4.69, 9.17) is 8.94 Å². The Hall–Kier alpha value is -2.82. The fourth-order valence-corrected chi connectivity index (χ4v) is 2.57. The third-order valence-electron chi connectivity index (χ3n) is 3.90. The van der Waals surface area contributed by atoms with Crippen molar-refractivity contribution in [3.63, 3.8) is 0 Å². The molecule has 1 N–H and O–H groups in total. The molecule has 0 aliphatic carbocycles. The van der Waals surface area contributed by atoms with E-state index in [9.17, 15) is 4.79 Å². The van der Waals surface area contributed by atoms with Gasteiger partial charge < -0.3 is 14.3 Å². The van der Waals surface area contributed by atoms with Gasteiger partial charge in [0.05, 0.1) is 12.0 Å². The number of rotatable bonds is 7. The molecule has 0 saturated carbocycles. The molecule has 2 aromatic heterocycles. The van der Waals surface area contributed by atoms with Gasteiger partial charge in [-0.25, -0.2) is 0 Å². The van der Waals surface area contributed by atoms with Crippen molar-refractivity contribution in [3.05, 3.63) is 77.6 Å². The van der Waals surface area contributed by atoms with Crippen LogP contribution in [-0.4, -0.2) is 17.6 Å². The molecule has 24 heavy (non-hydrogen) atoms. The average Bonchev–Trinajstić information content (AvgIpc) is 3.27. The molecule has 0 spiro atoms. The van der Waals surface area contributed by atoms with Gasteiger partial charge in [0.2, 0.25) is 5.76 Å². The van der Waals surface area contributed by atoms with E-state index >= 15 is 0 Å². The molecule has 0 bridgehead atoms. The predicted molar refractivity (Wildman–Crippen MR) is 89.8 cm³/mol. The summed E-state index contributed by atoms with van der Waals surface area (Å²) in [4.78, 5) is 12.1. The second kappa shape index (κ2) is 7.64. The minimum Gasteiger partial charge on any atom is -0.469 e. The lowest BCUT2D eigenvalue weighted by Crippen LogP contribution is -2.25. The van der Waals surface area contributed by atoms with Crippen LogP contribution in [0, 0.1) is 0 Å². The lowest BCUT2D eigenvalue weighted by molar-refractivity contribution is 0.0916. The fourth-order valence-electron chi connectivity index (χ4n) is 2.57. The van der Waals surface area contributed by atoms with E-state index in [1.54, 1.807) is 12.3 Å². The van der Waals surface area contributed by atoms with Crippen LogP contribution >= 0.6 is 0 Å². The molecular weight excluding hydrogens is 304 g/mol. The van der Waals surface area contributed by atoms with Crippen molar-refractivity contribution in [2.75, 3.05) is 6.54 Å². The minimum absolute atomic E-state index is 0.240. The minimum atomic E-state index is -0.257. The molecule has 1 aromatic carbocycles. The largest absolute Gasteiger partial charge is 0.469 e. The number of amides is 1. The van der Waals surface area contributed by atoms with Crippen molar-refractivity contribution in [3.8, 4) is 0 Å². The molecule has 0 aliphatic heterocycles. The smallest absolute Gasteiger partial charge is 0.289 e. The number of hydrogen-bond acceptors (Lipinski definition) is 4. The first kappa shape index (κ1) is 16.1. The van der Waals surface area contributed by atoms with Gasteiger partial charge in [-0.2, -0.15) is 0 Å². The zero-order chi connectivity index (χ0) is 16.8. The summed E-state index contributed by atoms with van der Waals surface area (Å²) in [6, 6.07) is 15.6. The Labute approximate surface area is 140 Å². The third-order valence-corrected chi connectivity index (χ3v) is 3.90. The van der Waals surface area contributed by atoms with Crippen LogP contribution in [0.4, 0.5) is 0 Å². The quantitative estimate of drug-likeness (QED) is 0.721. The summed E-state index contributed by atoms with van der Waals surface area (Å²) in [5, 5.41) is 6.81. The van der Waals surface area contributed by atoms with Gasteiger partial charge in [0.1, 0.15) is 5.76 Å². The number of hydrogen-bond donors (Lipinski definition) is 1. The molecule has 1 atom stereocenters. The lowest BCUT2D eigenvalue weighted by atomic mass is 9.96. The van der Waals surface area contributed by atoms with Crippen molar-refractivity contribution >= 4 is 5.91 Å². The van der Waals surface area contributed by atoms with Gasteiger partial charge in [-0.15, -0.1) is 0 Å². The maximum Gasteiger partial charge on any atom is 0.289 e. The first-order chi connectivity index (χ1) is 11.7. The molecule has 0 radical (unpaired) electrons. The second-order valence-electron chi connectivity index (χ2n) is 5.78. The topological polar surface area (TPSA) is 68.3 Å². The number of nitrogens with zero attached hydrogens (tertiary/aromatic N) is 1. The van der Waals surface area contributed by atoms with E-state index < -0.39 is 0 Å². The van der Waals surface area contributed by atoms with Crippen LogP contribution in [0.2, 0.25) is 0 Å². The summed E-state index contributed by atoms with van der Waals surface area (Å²) in [7, 11) is 0. The van der Waals surface area contributed by atoms with E-state index in [0.29, 0.717) is 18.9 Å². The summed E-state index contributed by atoms with van der Waals surface area (Å²) >= 11 is 0. The molecule has 1 amide bonds. The van der Waals surface area contributed by atoms with Crippen molar-refractivity contribution in [1.82, 2.24) is 10.5 Å². The molecule has 3 rings (SSSR count). The van der Waals surface area contributed by atoms with Crippen molar-refractivity contribution in [2.24, 2.45) is 0 Å². The third kappa shape index (κ3) is 4.13. The van der Waals surface area contributed by atoms with Gasteiger partial charge in [0.15, 0.2) is 0 Å². The molecule has 3 aromatic rings. The first-order valence-electron chi connectivity index (χ1n) is 8.03. The van der Waals surface area contributed by atoms with Gasteiger partial charge in [-0.3, -0.25) is 4.79 Å². The molecule has 124 valence electrons. The molecule has 5 nitrogen and oxygen atoms in total. The number of benzene rings is 1. The molecule has 0 fully saturated rings. The molecule has 5 heteroatoms. The monoisotopic (exact) mass is 324 g/mol. The van der Waals surface area contributed by atoms with E-state index in [1.165, 1.54) is 5.56 Å². The molecular formula is C19H20N2O3. The van der Waals surface area contributed by atoms with Crippen LogP contribution in [0.5, 0.6) is 0 Å². The summed E-state index contributed by atoms with van der Waals surface area (Å²) in [6.07, 6.45) is 2.99. The molecule has 0 aliphatic rings. The highest BCUT2D eigenvalue weighted by atomic mass is 16.5.